The van der Waals surface area contributed by atoms with Crippen LogP contribution in [0.1, 0.15) is 0 Å². The summed E-state index contributed by atoms with van der Waals surface area (Å²) in [6.07, 6.45) is 8.74. The van der Waals surface area contributed by atoms with Crippen molar-refractivity contribution in [2.45, 2.75) is 0 Å². The minimum Gasteiger partial charge on any atom is -0.273 e. The van der Waals surface area contributed by atoms with Gasteiger partial charge in [-0.25, -0.2) is 3.11 Å². The van der Waals surface area contributed by atoms with E-state index in [9.17, 15) is 9.59 Å². The molecule has 0 N–H and O–H groups in total. The molecular formula is C12H10INO2. The molecule has 2 fully saturated rings. The Bertz CT molecular complexity index is 430. The van der Waals surface area contributed by atoms with Crippen molar-refractivity contribution in [1.29, 1.82) is 0 Å². The molecule has 0 spiro atoms. The van der Waals surface area contributed by atoms with E-state index in [1.54, 1.807) is 0 Å². The maximum atomic E-state index is 12.1. The number of hydrogen-bond acceptors (Lipinski definition) is 2. The van der Waals surface area contributed by atoms with Gasteiger partial charge in [0.2, 0.25) is 11.8 Å². The number of hydrogen-bond donors (Lipinski definition) is 0. The van der Waals surface area contributed by atoms with Gasteiger partial charge in [-0.3, -0.25) is 9.59 Å². The fourth-order valence-corrected chi connectivity index (χ4v) is 4.50. The number of nitrogens with zero attached hydrogens (tertiary/aromatic N) is 1. The third kappa shape index (κ3) is 0.836. The second-order valence-electron chi connectivity index (χ2n) is 5.09. The first-order valence-corrected chi connectivity index (χ1v) is 6.57. The Hall–Kier alpha value is -0.650. The van der Waals surface area contributed by atoms with Crippen LogP contribution in [0.2, 0.25) is 0 Å². The van der Waals surface area contributed by atoms with Crippen molar-refractivity contribution in [2.75, 3.05) is 0 Å². The molecular weight excluding hydrogens is 317 g/mol. The van der Waals surface area contributed by atoms with E-state index in [1.807, 2.05) is 22.9 Å². The van der Waals surface area contributed by atoms with Crippen LogP contribution in [0.25, 0.3) is 0 Å². The number of allylic oxidation sites excluding steroid dienone is 4. The van der Waals surface area contributed by atoms with E-state index >= 15 is 0 Å². The van der Waals surface area contributed by atoms with Gasteiger partial charge in [-0.05, 0) is 23.7 Å². The van der Waals surface area contributed by atoms with Gasteiger partial charge < -0.3 is 0 Å². The number of rotatable bonds is 0. The lowest BCUT2D eigenvalue weighted by molar-refractivity contribution is -0.132. The Labute approximate surface area is 107 Å². The summed E-state index contributed by atoms with van der Waals surface area (Å²) in [6.45, 7) is 0. The van der Waals surface area contributed by atoms with Crippen LogP contribution in [-0.4, -0.2) is 14.9 Å². The van der Waals surface area contributed by atoms with Crippen molar-refractivity contribution >= 4 is 34.7 Å². The zero-order valence-corrected chi connectivity index (χ0v) is 10.6. The standard InChI is InChI=1S/C12H10INO2/c13-14-11(15)9-7-3-4-8(10(9)12(14)16)6-2-1-5(6)7/h1-10H. The van der Waals surface area contributed by atoms with Crippen LogP contribution in [-0.2, 0) is 9.59 Å². The van der Waals surface area contributed by atoms with Crippen LogP contribution >= 0.6 is 22.9 Å². The largest absolute Gasteiger partial charge is 0.273 e. The van der Waals surface area contributed by atoms with Crippen molar-refractivity contribution in [3.63, 3.8) is 0 Å². The summed E-state index contributed by atoms with van der Waals surface area (Å²) in [6, 6.07) is 0. The summed E-state index contributed by atoms with van der Waals surface area (Å²) >= 11 is 1.86. The van der Waals surface area contributed by atoms with Gasteiger partial charge in [0.25, 0.3) is 0 Å². The monoisotopic (exact) mass is 327 g/mol. The van der Waals surface area contributed by atoms with Gasteiger partial charge in [0.15, 0.2) is 0 Å². The number of amides is 2. The number of carbonyl (C=O) groups is 2. The smallest absolute Gasteiger partial charge is 0.242 e. The lowest BCUT2D eigenvalue weighted by atomic mass is 9.50. The molecule has 6 unspecified atom stereocenters. The highest BCUT2D eigenvalue weighted by Gasteiger charge is 2.62. The van der Waals surface area contributed by atoms with Gasteiger partial charge in [-0.2, -0.15) is 0 Å². The molecule has 4 heteroatoms. The van der Waals surface area contributed by atoms with Crippen molar-refractivity contribution < 1.29 is 9.59 Å². The van der Waals surface area contributed by atoms with Crippen LogP contribution in [0.4, 0.5) is 0 Å². The molecule has 2 bridgehead atoms. The Morgan fingerprint density at radius 2 is 1.19 bits per heavy atom. The van der Waals surface area contributed by atoms with Crippen molar-refractivity contribution in [1.82, 2.24) is 3.11 Å². The lowest BCUT2D eigenvalue weighted by Gasteiger charge is -2.51. The molecule has 0 aromatic heterocycles. The van der Waals surface area contributed by atoms with E-state index in [1.165, 1.54) is 3.11 Å². The molecule has 1 saturated carbocycles. The number of halogens is 1. The maximum absolute atomic E-state index is 12.1. The fraction of sp³-hybridized carbons (Fsp3) is 0.500. The summed E-state index contributed by atoms with van der Waals surface area (Å²) in [5.41, 5.74) is 0. The average Bonchev–Trinajstić information content (AvgIpc) is 2.45. The maximum Gasteiger partial charge on any atom is 0.242 e. The molecule has 6 atom stereocenters. The molecule has 0 aromatic rings. The van der Waals surface area contributed by atoms with Gasteiger partial charge >= 0.3 is 0 Å². The fourth-order valence-electron chi connectivity index (χ4n) is 3.85. The topological polar surface area (TPSA) is 37.4 Å². The number of imide groups is 1. The zero-order valence-electron chi connectivity index (χ0n) is 8.42. The zero-order chi connectivity index (χ0) is 11.0. The van der Waals surface area contributed by atoms with E-state index in [0.29, 0.717) is 11.8 Å². The molecule has 0 radical (unpaired) electrons. The lowest BCUT2D eigenvalue weighted by Crippen LogP contribution is -2.50. The Morgan fingerprint density at radius 1 is 0.812 bits per heavy atom. The van der Waals surface area contributed by atoms with Gasteiger partial charge in [0.1, 0.15) is 0 Å². The minimum absolute atomic E-state index is 0.0219. The molecule has 5 rings (SSSR count). The van der Waals surface area contributed by atoms with E-state index in [-0.39, 0.29) is 35.5 Å². The normalized spacial score (nSPS) is 51.7. The molecule has 0 aromatic carbocycles. The molecule has 3 nitrogen and oxygen atoms in total. The Kier molecular flexibility index (Phi) is 1.63. The summed E-state index contributed by atoms with van der Waals surface area (Å²) < 4.78 is 1.31. The van der Waals surface area contributed by atoms with Gasteiger partial charge in [0, 0.05) is 0 Å². The summed E-state index contributed by atoms with van der Waals surface area (Å²) in [7, 11) is 0. The second kappa shape index (κ2) is 2.78. The Morgan fingerprint density at radius 3 is 1.56 bits per heavy atom. The quantitative estimate of drug-likeness (QED) is 0.293. The summed E-state index contributed by atoms with van der Waals surface area (Å²) in [4.78, 5) is 24.1. The SMILES string of the molecule is O=C1C2C3C=CC(C4C=CC43)C2C(=O)N1I. The molecule has 2 amide bonds. The molecule has 4 aliphatic carbocycles. The highest BCUT2D eigenvalue weighted by Crippen LogP contribution is 2.58. The van der Waals surface area contributed by atoms with E-state index in [4.69, 9.17) is 0 Å². The highest BCUT2D eigenvalue weighted by atomic mass is 127. The molecule has 16 heavy (non-hydrogen) atoms. The summed E-state index contributed by atoms with van der Waals surface area (Å²) in [5.74, 6) is 1.44. The van der Waals surface area contributed by atoms with Gasteiger partial charge in [-0.15, -0.1) is 0 Å². The second-order valence-corrected chi connectivity index (χ2v) is 6.05. The van der Waals surface area contributed by atoms with Crippen LogP contribution < -0.4 is 0 Å². The van der Waals surface area contributed by atoms with Crippen LogP contribution in [0, 0.1) is 35.5 Å². The molecule has 1 heterocycles. The van der Waals surface area contributed by atoms with E-state index < -0.39 is 0 Å². The Balaban J connectivity index is 1.87. The summed E-state index contributed by atoms with van der Waals surface area (Å²) in [5, 5.41) is 0. The molecule has 1 aliphatic heterocycles. The average molecular weight is 327 g/mol. The number of carbonyl (C=O) groups excluding carboxylic acids is 2. The highest BCUT2D eigenvalue weighted by molar-refractivity contribution is 14.1. The van der Waals surface area contributed by atoms with Crippen LogP contribution in [0.5, 0.6) is 0 Å². The predicted octanol–water partition coefficient (Wildman–Crippen LogP) is 1.56. The molecule has 82 valence electrons. The third-order valence-electron chi connectivity index (χ3n) is 4.62. The van der Waals surface area contributed by atoms with E-state index in [0.717, 1.165) is 0 Å². The van der Waals surface area contributed by atoms with Crippen LogP contribution in [0.3, 0.4) is 0 Å². The first kappa shape index (κ1) is 9.39. The molecule has 1 saturated heterocycles. The predicted molar refractivity (Wildman–Crippen MR) is 65.1 cm³/mol. The van der Waals surface area contributed by atoms with Gasteiger partial charge in [0.05, 0.1) is 34.7 Å². The van der Waals surface area contributed by atoms with Crippen molar-refractivity contribution in [3.8, 4) is 0 Å². The first-order chi connectivity index (χ1) is 7.70. The van der Waals surface area contributed by atoms with Crippen LogP contribution in [0.15, 0.2) is 24.3 Å². The van der Waals surface area contributed by atoms with E-state index in [2.05, 4.69) is 24.3 Å². The molecule has 5 aliphatic rings. The van der Waals surface area contributed by atoms with Gasteiger partial charge in [-0.1, -0.05) is 24.3 Å². The van der Waals surface area contributed by atoms with Crippen molar-refractivity contribution in [3.05, 3.63) is 24.3 Å². The first-order valence-electron chi connectivity index (χ1n) is 5.60. The third-order valence-corrected chi connectivity index (χ3v) is 5.57. The van der Waals surface area contributed by atoms with Crippen molar-refractivity contribution in [2.24, 2.45) is 35.5 Å². The minimum atomic E-state index is -0.0781.